The van der Waals surface area contributed by atoms with E-state index in [2.05, 4.69) is 15.1 Å². The molecule has 34 heavy (non-hydrogen) atoms. The standard InChI is InChI=1S/C28H27N5O/c1-20-22(18-32(29-20)26-10-6-4-7-11-26)14-24-16-31(3)17-25(28(24)34)15-23-19-33(30-21(23)2)27-12-8-5-9-13-27/h4-15,18-19H,16-17H2,1-3H3/b24-14-,25-15+. The molecule has 3 heterocycles. The molecule has 0 saturated carbocycles. The van der Waals surface area contributed by atoms with Crippen LogP contribution >= 0.6 is 0 Å². The Kier molecular flexibility index (Phi) is 5.82. The molecule has 1 fully saturated rings. The normalized spacial score (nSPS) is 17.1. The lowest BCUT2D eigenvalue weighted by atomic mass is 9.95. The summed E-state index contributed by atoms with van der Waals surface area (Å²) < 4.78 is 3.72. The molecule has 0 N–H and O–H groups in total. The molecule has 1 aliphatic heterocycles. The number of aryl methyl sites for hydroxylation is 2. The fourth-order valence-corrected chi connectivity index (χ4v) is 4.24. The Morgan fingerprint density at radius 3 is 1.53 bits per heavy atom. The molecular weight excluding hydrogens is 422 g/mol. The van der Waals surface area contributed by atoms with E-state index in [0.29, 0.717) is 13.1 Å². The molecule has 0 bridgehead atoms. The summed E-state index contributed by atoms with van der Waals surface area (Å²) in [6.45, 7) is 5.16. The van der Waals surface area contributed by atoms with E-state index < -0.39 is 0 Å². The van der Waals surface area contributed by atoms with Crippen LogP contribution in [0.15, 0.2) is 84.2 Å². The van der Waals surface area contributed by atoms with Crippen LogP contribution in [-0.4, -0.2) is 50.4 Å². The van der Waals surface area contributed by atoms with Gasteiger partial charge in [0.25, 0.3) is 0 Å². The number of likely N-dealkylation sites (N-methyl/N-ethyl adjacent to an activating group) is 1. The quantitative estimate of drug-likeness (QED) is 0.426. The highest BCUT2D eigenvalue weighted by Gasteiger charge is 2.25. The van der Waals surface area contributed by atoms with E-state index in [4.69, 9.17) is 0 Å². The molecule has 5 rings (SSSR count). The molecule has 170 valence electrons. The zero-order valence-electron chi connectivity index (χ0n) is 19.6. The topological polar surface area (TPSA) is 56.0 Å². The second-order valence-corrected chi connectivity index (χ2v) is 8.74. The number of hydrogen-bond acceptors (Lipinski definition) is 4. The number of nitrogens with zero attached hydrogens (tertiary/aromatic N) is 5. The van der Waals surface area contributed by atoms with E-state index in [1.54, 1.807) is 0 Å². The molecule has 1 saturated heterocycles. The van der Waals surface area contributed by atoms with Crippen molar-refractivity contribution in [1.29, 1.82) is 0 Å². The first kappa shape index (κ1) is 21.8. The number of benzene rings is 2. The lowest BCUT2D eigenvalue weighted by molar-refractivity contribution is -0.113. The Balaban J connectivity index is 1.46. The number of carbonyl (C=O) groups is 1. The maximum Gasteiger partial charge on any atom is 0.187 e. The van der Waals surface area contributed by atoms with Gasteiger partial charge in [-0.05, 0) is 57.3 Å². The van der Waals surface area contributed by atoms with Gasteiger partial charge in [0, 0.05) is 47.8 Å². The summed E-state index contributed by atoms with van der Waals surface area (Å²) in [6.07, 6.45) is 7.93. The van der Waals surface area contributed by atoms with Crippen LogP contribution in [-0.2, 0) is 4.79 Å². The Bertz CT molecular complexity index is 1290. The van der Waals surface area contributed by atoms with Crippen LogP contribution in [0, 0.1) is 13.8 Å². The molecule has 2 aromatic carbocycles. The molecule has 1 aliphatic rings. The van der Waals surface area contributed by atoms with Crippen molar-refractivity contribution in [2.24, 2.45) is 0 Å². The number of ketones is 1. The predicted molar refractivity (Wildman–Crippen MR) is 135 cm³/mol. The molecule has 4 aromatic rings. The van der Waals surface area contributed by atoms with Gasteiger partial charge in [-0.2, -0.15) is 10.2 Å². The summed E-state index contributed by atoms with van der Waals surface area (Å²) in [5.74, 6) is 0.0804. The van der Waals surface area contributed by atoms with Crippen LogP contribution in [0.1, 0.15) is 22.5 Å². The molecule has 0 amide bonds. The van der Waals surface area contributed by atoms with Crippen molar-refractivity contribution in [3.63, 3.8) is 0 Å². The van der Waals surface area contributed by atoms with E-state index in [1.165, 1.54) is 0 Å². The van der Waals surface area contributed by atoms with Gasteiger partial charge in [-0.3, -0.25) is 9.69 Å². The molecule has 0 radical (unpaired) electrons. The Hall–Kier alpha value is -4.03. The first-order valence-corrected chi connectivity index (χ1v) is 11.4. The van der Waals surface area contributed by atoms with Gasteiger partial charge in [0.15, 0.2) is 5.78 Å². The van der Waals surface area contributed by atoms with Gasteiger partial charge in [0.1, 0.15) is 0 Å². The molecule has 0 unspecified atom stereocenters. The number of para-hydroxylation sites is 2. The van der Waals surface area contributed by atoms with Crippen LogP contribution in [0.5, 0.6) is 0 Å². The lowest BCUT2D eigenvalue weighted by Gasteiger charge is -2.26. The number of aromatic nitrogens is 4. The smallest absolute Gasteiger partial charge is 0.187 e. The van der Waals surface area contributed by atoms with Gasteiger partial charge in [-0.15, -0.1) is 0 Å². The summed E-state index contributed by atoms with van der Waals surface area (Å²) in [5.41, 5.74) is 7.21. The molecule has 6 heteroatoms. The Labute approximate surface area is 199 Å². The summed E-state index contributed by atoms with van der Waals surface area (Å²) in [4.78, 5) is 15.6. The molecule has 0 atom stereocenters. The molecule has 0 spiro atoms. The molecular formula is C28H27N5O. The maximum absolute atomic E-state index is 13.4. The lowest BCUT2D eigenvalue weighted by Crippen LogP contribution is -2.34. The fourth-order valence-electron chi connectivity index (χ4n) is 4.24. The van der Waals surface area contributed by atoms with Crippen LogP contribution in [0.2, 0.25) is 0 Å². The molecule has 6 nitrogen and oxygen atoms in total. The van der Waals surface area contributed by atoms with Gasteiger partial charge in [-0.25, -0.2) is 9.36 Å². The fraction of sp³-hybridized carbons (Fsp3) is 0.179. The average Bonchev–Trinajstić information content (AvgIpc) is 3.40. The van der Waals surface area contributed by atoms with Crippen molar-refractivity contribution in [2.75, 3.05) is 20.1 Å². The maximum atomic E-state index is 13.4. The largest absolute Gasteiger partial charge is 0.298 e. The van der Waals surface area contributed by atoms with Gasteiger partial charge in [0.2, 0.25) is 0 Å². The monoisotopic (exact) mass is 449 g/mol. The molecule has 2 aromatic heterocycles. The Morgan fingerprint density at radius 2 is 1.12 bits per heavy atom. The Morgan fingerprint density at radius 1 is 0.706 bits per heavy atom. The third kappa shape index (κ3) is 4.40. The van der Waals surface area contributed by atoms with E-state index in [1.807, 2.05) is 115 Å². The number of likely N-dealkylation sites (tertiary alicyclic amines) is 1. The third-order valence-electron chi connectivity index (χ3n) is 6.04. The number of carbonyl (C=O) groups excluding carboxylic acids is 1. The van der Waals surface area contributed by atoms with Crippen molar-refractivity contribution in [1.82, 2.24) is 24.5 Å². The summed E-state index contributed by atoms with van der Waals surface area (Å²) >= 11 is 0. The van der Waals surface area contributed by atoms with Crippen LogP contribution in [0.4, 0.5) is 0 Å². The first-order chi connectivity index (χ1) is 16.5. The van der Waals surface area contributed by atoms with Gasteiger partial charge < -0.3 is 0 Å². The predicted octanol–water partition coefficient (Wildman–Crippen LogP) is 4.66. The zero-order valence-corrected chi connectivity index (χ0v) is 19.6. The van der Waals surface area contributed by atoms with Crippen molar-refractivity contribution in [2.45, 2.75) is 13.8 Å². The van der Waals surface area contributed by atoms with Gasteiger partial charge >= 0.3 is 0 Å². The molecule has 0 aliphatic carbocycles. The average molecular weight is 450 g/mol. The SMILES string of the molecule is Cc1nn(-c2ccccc2)cc1/C=C1/CN(C)C/C(=C\c2cn(-c3ccccc3)nc2C)C1=O. The highest BCUT2D eigenvalue weighted by Crippen LogP contribution is 2.24. The first-order valence-electron chi connectivity index (χ1n) is 11.4. The number of hydrogen-bond donors (Lipinski definition) is 0. The summed E-state index contributed by atoms with van der Waals surface area (Å²) in [7, 11) is 2.04. The second-order valence-electron chi connectivity index (χ2n) is 8.74. The number of piperidine rings is 1. The highest BCUT2D eigenvalue weighted by atomic mass is 16.1. The number of Topliss-reactive ketones (excluding diaryl/α,β-unsaturated/α-hetero) is 1. The minimum atomic E-state index is 0.0804. The van der Waals surface area contributed by atoms with E-state index in [9.17, 15) is 4.79 Å². The van der Waals surface area contributed by atoms with Crippen LogP contribution < -0.4 is 0 Å². The second kappa shape index (κ2) is 9.08. The summed E-state index contributed by atoms with van der Waals surface area (Å²) in [5, 5.41) is 9.28. The highest BCUT2D eigenvalue weighted by molar-refractivity contribution is 6.14. The minimum absolute atomic E-state index is 0.0804. The van der Waals surface area contributed by atoms with Crippen LogP contribution in [0.3, 0.4) is 0 Å². The van der Waals surface area contributed by atoms with Crippen molar-refractivity contribution >= 4 is 17.9 Å². The van der Waals surface area contributed by atoms with Gasteiger partial charge in [0.05, 0.1) is 22.8 Å². The third-order valence-corrected chi connectivity index (χ3v) is 6.04. The zero-order chi connectivity index (χ0) is 23.7. The van der Waals surface area contributed by atoms with E-state index >= 15 is 0 Å². The van der Waals surface area contributed by atoms with Gasteiger partial charge in [-0.1, -0.05) is 36.4 Å². The van der Waals surface area contributed by atoms with E-state index in [-0.39, 0.29) is 5.78 Å². The van der Waals surface area contributed by atoms with Crippen LogP contribution in [0.25, 0.3) is 23.5 Å². The van der Waals surface area contributed by atoms with Crippen molar-refractivity contribution in [3.05, 3.63) is 107 Å². The number of rotatable bonds is 4. The van der Waals surface area contributed by atoms with Crippen molar-refractivity contribution < 1.29 is 4.79 Å². The minimum Gasteiger partial charge on any atom is -0.298 e. The van der Waals surface area contributed by atoms with Crippen molar-refractivity contribution in [3.8, 4) is 11.4 Å². The summed E-state index contributed by atoms with van der Waals surface area (Å²) in [6, 6.07) is 20.0. The van der Waals surface area contributed by atoms with E-state index in [0.717, 1.165) is 45.0 Å².